The molecule has 1 unspecified atom stereocenters. The molecule has 7 aromatic carbocycles. The van der Waals surface area contributed by atoms with Crippen LogP contribution in [-0.4, -0.2) is 58.4 Å². The van der Waals surface area contributed by atoms with Crippen molar-refractivity contribution in [2.45, 2.75) is 38.7 Å². The molecule has 0 radical (unpaired) electrons. The van der Waals surface area contributed by atoms with E-state index in [1.165, 1.54) is 23.0 Å². The van der Waals surface area contributed by atoms with Crippen LogP contribution in [-0.2, 0) is 12.4 Å². The number of allylic oxidation sites excluding steroid dienone is 2. The number of hydrogen-bond donors (Lipinski definition) is 3. The fourth-order valence-corrected chi connectivity index (χ4v) is 6.72. The van der Waals surface area contributed by atoms with Gasteiger partial charge in [-0.3, -0.25) is 19.7 Å². The minimum absolute atomic E-state index is 0. The number of alkyl halides is 6. The molecule has 0 amide bonds. The van der Waals surface area contributed by atoms with Gasteiger partial charge in [-0.1, -0.05) is 115 Å². The number of halogens is 8. The SMILES string of the molecule is CCC(C)O.O=C1C(Cl)=C(Cl)C(=O)c2ccccc21.O=[N+]([O-])c1cc(C(F)(F)F)ccc1N=Nc1c(O)ccc2ccccc12.Oc1ccc2ccccc2c1-n1nc2ccc(C(F)(F)F)cc2n1.[Na+].[OH-]. The first kappa shape index (κ1) is 56.8. The van der Waals surface area contributed by atoms with Crippen LogP contribution in [0.4, 0.5) is 43.4 Å². The van der Waals surface area contributed by atoms with Crippen molar-refractivity contribution in [1.29, 1.82) is 0 Å². The molecule has 1 aliphatic rings. The molecular weight excluding hydrogens is 996 g/mol. The van der Waals surface area contributed by atoms with E-state index in [2.05, 4.69) is 20.4 Å². The minimum atomic E-state index is -4.71. The summed E-state index contributed by atoms with van der Waals surface area (Å²) in [6.07, 6.45) is -8.41. The molecule has 1 aliphatic carbocycles. The van der Waals surface area contributed by atoms with Gasteiger partial charge in [-0.25, -0.2) is 0 Å². The van der Waals surface area contributed by atoms with Gasteiger partial charge in [0.05, 0.1) is 22.2 Å². The van der Waals surface area contributed by atoms with Gasteiger partial charge in [0.2, 0.25) is 11.6 Å². The van der Waals surface area contributed by atoms with Gasteiger partial charge in [0.25, 0.3) is 5.69 Å². The number of carbonyl (C=O) groups excluding carboxylic acids is 2. The van der Waals surface area contributed by atoms with E-state index >= 15 is 0 Å². The topological polar surface area (TPSA) is 223 Å². The Morgan fingerprint density at radius 3 is 1.68 bits per heavy atom. The van der Waals surface area contributed by atoms with E-state index in [1.54, 1.807) is 79.7 Å². The van der Waals surface area contributed by atoms with Crippen molar-refractivity contribution in [3.05, 3.63) is 176 Å². The number of nitro groups is 1. The Balaban J connectivity index is 0.000000225. The van der Waals surface area contributed by atoms with Gasteiger partial charge in [0.1, 0.15) is 44.0 Å². The Labute approximate surface area is 430 Å². The Morgan fingerprint density at radius 2 is 1.14 bits per heavy atom. The summed E-state index contributed by atoms with van der Waals surface area (Å²) in [6.45, 7) is 3.73. The normalized spacial score (nSPS) is 12.7. The predicted octanol–water partition coefficient (Wildman–Crippen LogP) is 10.5. The second kappa shape index (κ2) is 23.9. The van der Waals surface area contributed by atoms with Gasteiger partial charge < -0.3 is 20.8 Å². The molecular formula is C48H35Cl2F6N6NaO8. The number of ketones is 2. The summed E-state index contributed by atoms with van der Waals surface area (Å²) in [7, 11) is 0. The van der Waals surface area contributed by atoms with E-state index in [4.69, 9.17) is 28.3 Å². The van der Waals surface area contributed by atoms with E-state index in [1.807, 2.05) is 19.1 Å². The number of phenolic OH excluding ortho intramolecular Hbond substituents is 2. The Hall–Kier alpha value is -6.78. The van der Waals surface area contributed by atoms with Gasteiger partial charge in [-0.15, -0.1) is 25.2 Å². The standard InChI is InChI=1S/C17H10F3N3O3.C17H10F3N3O.C10H4Cl2O2.C4H10O.Na.H2O/c18-17(19,20)11-6-7-13(14(9-11)23(25)26)21-22-16-12-4-2-1-3-10(12)5-8-15(16)24;18-17(19,20)11-6-7-13-14(9-11)22-23(21-13)16-12-4-2-1-3-10(12)5-8-15(16)24;11-7-8(12)10(14)6-4-2-1-3-5(6)9(7)13;1-3-4(2)5;;/h1-9,24H;1-9,24H;1-4H;4-5H,3H2,1-2H3;;1H2/q;;;;+1;/p-1. The number of hydrogen-bond acceptors (Lipinski definition) is 12. The van der Waals surface area contributed by atoms with Crippen LogP contribution >= 0.6 is 23.2 Å². The number of fused-ring (bicyclic) bond motifs is 4. The second-order valence-corrected chi connectivity index (χ2v) is 15.5. The largest absolute Gasteiger partial charge is 1.00 e. The van der Waals surface area contributed by atoms with Crippen LogP contribution in [0.25, 0.3) is 38.3 Å². The number of Topliss-reactive ketones (excluding diaryl/α,β-unsaturated/α-hetero) is 2. The molecule has 71 heavy (non-hydrogen) atoms. The maximum Gasteiger partial charge on any atom is 1.00 e. The number of benzene rings is 7. The van der Waals surface area contributed by atoms with Gasteiger partial charge in [-0.2, -0.15) is 26.3 Å². The quantitative estimate of drug-likeness (QED) is 0.0486. The zero-order valence-electron chi connectivity index (χ0n) is 37.1. The van der Waals surface area contributed by atoms with Gasteiger partial charge in [-0.05, 0) is 66.6 Å². The summed E-state index contributed by atoms with van der Waals surface area (Å²) < 4.78 is 76.7. The molecule has 362 valence electrons. The van der Waals surface area contributed by atoms with Crippen LogP contribution in [0.3, 0.4) is 0 Å². The number of azo groups is 1. The molecule has 0 spiro atoms. The number of aromatic nitrogens is 3. The first-order valence-electron chi connectivity index (χ1n) is 20.2. The second-order valence-electron chi connectivity index (χ2n) is 14.7. The van der Waals surface area contributed by atoms with Crippen molar-refractivity contribution in [2.75, 3.05) is 0 Å². The van der Waals surface area contributed by atoms with E-state index in [0.29, 0.717) is 45.2 Å². The van der Waals surface area contributed by atoms with Crippen LogP contribution in [0, 0.1) is 10.1 Å². The van der Waals surface area contributed by atoms with Crippen molar-refractivity contribution in [3.8, 4) is 17.2 Å². The van der Waals surface area contributed by atoms with Gasteiger partial charge in [0, 0.05) is 28.0 Å². The molecule has 23 heteroatoms. The third-order valence-electron chi connectivity index (χ3n) is 10.0. The van der Waals surface area contributed by atoms with Crippen molar-refractivity contribution >= 4 is 84.4 Å². The summed E-state index contributed by atoms with van der Waals surface area (Å²) in [5.74, 6) is -1.05. The van der Waals surface area contributed by atoms with E-state index < -0.39 is 45.7 Å². The summed E-state index contributed by atoms with van der Waals surface area (Å²) in [5, 5.41) is 57.9. The molecule has 0 saturated heterocycles. The van der Waals surface area contributed by atoms with Crippen molar-refractivity contribution in [1.82, 2.24) is 15.0 Å². The molecule has 1 heterocycles. The average Bonchev–Trinajstić information content (AvgIpc) is 3.75. The first-order chi connectivity index (χ1) is 32.6. The zero-order valence-corrected chi connectivity index (χ0v) is 40.6. The number of nitrogens with zero attached hydrogens (tertiary/aromatic N) is 6. The summed E-state index contributed by atoms with van der Waals surface area (Å²) in [4.78, 5) is 34.4. The summed E-state index contributed by atoms with van der Waals surface area (Å²) in [6, 6.07) is 32.1. The Kier molecular flexibility index (Phi) is 19.1. The van der Waals surface area contributed by atoms with E-state index in [-0.39, 0.29) is 79.6 Å². The first-order valence-corrected chi connectivity index (χ1v) is 20.9. The van der Waals surface area contributed by atoms with Crippen LogP contribution in [0.1, 0.15) is 52.1 Å². The monoisotopic (exact) mass is 1030 g/mol. The fraction of sp³-hybridized carbons (Fsp3) is 0.125. The number of aliphatic hydroxyl groups excluding tert-OH is 1. The zero-order chi connectivity index (χ0) is 50.4. The maximum absolute atomic E-state index is 12.8. The smallest absolute Gasteiger partial charge is 0.870 e. The van der Waals surface area contributed by atoms with E-state index in [0.717, 1.165) is 35.4 Å². The predicted molar refractivity (Wildman–Crippen MR) is 249 cm³/mol. The molecule has 14 nitrogen and oxygen atoms in total. The van der Waals surface area contributed by atoms with Crippen LogP contribution in [0.2, 0.25) is 0 Å². The molecule has 1 aromatic heterocycles. The van der Waals surface area contributed by atoms with Gasteiger partial charge in [0.15, 0.2) is 5.69 Å². The number of carbonyl (C=O) groups is 2. The molecule has 8 aromatic rings. The summed E-state index contributed by atoms with van der Waals surface area (Å²) in [5.41, 5.74) is -1.68. The van der Waals surface area contributed by atoms with Crippen molar-refractivity contribution in [3.63, 3.8) is 0 Å². The van der Waals surface area contributed by atoms with E-state index in [9.17, 15) is 56.3 Å². The molecule has 0 fully saturated rings. The molecule has 1 atom stereocenters. The molecule has 0 saturated carbocycles. The molecule has 4 N–H and O–H groups in total. The third-order valence-corrected chi connectivity index (χ3v) is 10.8. The number of phenols is 2. The number of aromatic hydroxyl groups is 2. The summed E-state index contributed by atoms with van der Waals surface area (Å²) >= 11 is 11.2. The number of aliphatic hydroxyl groups is 1. The Bertz CT molecular complexity index is 3290. The van der Waals surface area contributed by atoms with Crippen LogP contribution in [0.15, 0.2) is 154 Å². The molecule has 0 bridgehead atoms. The maximum atomic E-state index is 12.8. The number of rotatable bonds is 5. The molecule has 0 aliphatic heterocycles. The fourth-order valence-electron chi connectivity index (χ4n) is 6.34. The van der Waals surface area contributed by atoms with Crippen LogP contribution < -0.4 is 29.6 Å². The van der Waals surface area contributed by atoms with Crippen molar-refractivity contribution < 1.29 is 91.2 Å². The minimum Gasteiger partial charge on any atom is -0.870 e. The number of nitro benzene ring substituents is 1. The Morgan fingerprint density at radius 1 is 0.676 bits per heavy atom. The van der Waals surface area contributed by atoms with Gasteiger partial charge >= 0.3 is 41.9 Å². The average molecular weight is 1030 g/mol. The molecule has 9 rings (SSSR count). The third kappa shape index (κ3) is 13.4. The van der Waals surface area contributed by atoms with Crippen molar-refractivity contribution in [2.24, 2.45) is 10.2 Å². The van der Waals surface area contributed by atoms with Crippen LogP contribution in [0.5, 0.6) is 11.5 Å².